The number of aliphatic carboxylic acids is 1. The SMILES string of the molecule is CCC(NC(=O)c1cc(C)sc1NC(=O)c1ccccc1)C(=O)O. The summed E-state index contributed by atoms with van der Waals surface area (Å²) in [5, 5.41) is 14.6. The second-order valence-corrected chi connectivity index (χ2v) is 6.45. The van der Waals surface area contributed by atoms with E-state index in [2.05, 4.69) is 10.6 Å². The van der Waals surface area contributed by atoms with Gasteiger partial charge in [-0.2, -0.15) is 0 Å². The number of carboxylic acids is 1. The fourth-order valence-corrected chi connectivity index (χ4v) is 3.02. The minimum absolute atomic E-state index is 0.265. The van der Waals surface area contributed by atoms with Crippen LogP contribution in [0.1, 0.15) is 38.9 Å². The number of carboxylic acid groups (broad SMARTS) is 1. The lowest BCUT2D eigenvalue weighted by Crippen LogP contribution is -2.40. The quantitative estimate of drug-likeness (QED) is 0.749. The van der Waals surface area contributed by atoms with Gasteiger partial charge in [-0.1, -0.05) is 25.1 Å². The lowest BCUT2D eigenvalue weighted by Gasteiger charge is -2.12. The van der Waals surface area contributed by atoms with E-state index >= 15 is 0 Å². The van der Waals surface area contributed by atoms with E-state index < -0.39 is 17.9 Å². The molecule has 1 aromatic carbocycles. The van der Waals surface area contributed by atoms with Crippen molar-refractivity contribution in [2.75, 3.05) is 5.32 Å². The van der Waals surface area contributed by atoms with E-state index in [0.717, 1.165) is 4.88 Å². The number of carbonyl (C=O) groups is 3. The summed E-state index contributed by atoms with van der Waals surface area (Å²) in [5.74, 6) is -1.93. The van der Waals surface area contributed by atoms with Gasteiger partial charge in [0.25, 0.3) is 11.8 Å². The van der Waals surface area contributed by atoms with E-state index in [9.17, 15) is 14.4 Å². The number of benzene rings is 1. The monoisotopic (exact) mass is 346 g/mol. The average Bonchev–Trinajstić information content (AvgIpc) is 2.93. The Balaban J connectivity index is 2.19. The molecule has 2 rings (SSSR count). The van der Waals surface area contributed by atoms with Crippen LogP contribution in [0.3, 0.4) is 0 Å². The van der Waals surface area contributed by atoms with Crippen LogP contribution in [0.15, 0.2) is 36.4 Å². The van der Waals surface area contributed by atoms with Crippen LogP contribution in [0.2, 0.25) is 0 Å². The first kappa shape index (κ1) is 17.7. The van der Waals surface area contributed by atoms with Gasteiger partial charge in [-0.15, -0.1) is 11.3 Å². The number of hydrogen-bond donors (Lipinski definition) is 3. The van der Waals surface area contributed by atoms with Crippen molar-refractivity contribution in [2.24, 2.45) is 0 Å². The summed E-state index contributed by atoms with van der Waals surface area (Å²) in [6.07, 6.45) is 0.274. The van der Waals surface area contributed by atoms with Crippen LogP contribution in [-0.4, -0.2) is 28.9 Å². The number of anilines is 1. The number of aryl methyl sites for hydroxylation is 1. The third kappa shape index (κ3) is 4.20. The van der Waals surface area contributed by atoms with Crippen molar-refractivity contribution in [3.8, 4) is 0 Å². The predicted octanol–water partition coefficient (Wildman–Crippen LogP) is 2.90. The number of carbonyl (C=O) groups excluding carboxylic acids is 2. The molecule has 3 N–H and O–H groups in total. The molecule has 2 aromatic rings. The molecule has 24 heavy (non-hydrogen) atoms. The zero-order chi connectivity index (χ0) is 17.7. The van der Waals surface area contributed by atoms with Crippen molar-refractivity contribution in [1.82, 2.24) is 5.32 Å². The molecule has 0 radical (unpaired) electrons. The Morgan fingerprint density at radius 3 is 2.42 bits per heavy atom. The molecule has 0 aliphatic carbocycles. The Bertz CT molecular complexity index is 755. The Labute approximate surface area is 143 Å². The van der Waals surface area contributed by atoms with Gasteiger partial charge >= 0.3 is 5.97 Å². The van der Waals surface area contributed by atoms with E-state index in [1.54, 1.807) is 37.3 Å². The van der Waals surface area contributed by atoms with Gasteiger partial charge in [-0.25, -0.2) is 4.79 Å². The minimum atomic E-state index is -1.09. The Kier molecular flexibility index (Phi) is 5.70. The molecule has 1 heterocycles. The van der Waals surface area contributed by atoms with Crippen molar-refractivity contribution in [3.05, 3.63) is 52.4 Å². The number of hydrogen-bond acceptors (Lipinski definition) is 4. The molecular weight excluding hydrogens is 328 g/mol. The van der Waals surface area contributed by atoms with Crippen LogP contribution in [0.4, 0.5) is 5.00 Å². The number of nitrogens with one attached hydrogen (secondary N) is 2. The van der Waals surface area contributed by atoms with Crippen LogP contribution in [0.5, 0.6) is 0 Å². The Morgan fingerprint density at radius 2 is 1.83 bits per heavy atom. The smallest absolute Gasteiger partial charge is 0.326 e. The zero-order valence-electron chi connectivity index (χ0n) is 13.3. The summed E-state index contributed by atoms with van der Waals surface area (Å²) in [4.78, 5) is 36.5. The second-order valence-electron chi connectivity index (χ2n) is 5.19. The molecular formula is C17H18N2O4S. The van der Waals surface area contributed by atoms with Crippen molar-refractivity contribution in [3.63, 3.8) is 0 Å². The molecule has 1 unspecified atom stereocenters. The van der Waals surface area contributed by atoms with Crippen molar-refractivity contribution >= 4 is 34.1 Å². The first-order valence-corrected chi connectivity index (χ1v) is 8.24. The maximum absolute atomic E-state index is 12.4. The molecule has 7 heteroatoms. The van der Waals surface area contributed by atoms with E-state index in [0.29, 0.717) is 10.6 Å². The summed E-state index contributed by atoms with van der Waals surface area (Å²) in [5.41, 5.74) is 0.744. The molecule has 0 fully saturated rings. The number of thiophene rings is 1. The van der Waals surface area contributed by atoms with E-state index in [1.165, 1.54) is 11.3 Å². The average molecular weight is 346 g/mol. The highest BCUT2D eigenvalue weighted by Crippen LogP contribution is 2.28. The van der Waals surface area contributed by atoms with Crippen LogP contribution in [0.25, 0.3) is 0 Å². The first-order valence-electron chi connectivity index (χ1n) is 7.42. The lowest BCUT2D eigenvalue weighted by atomic mass is 10.2. The summed E-state index contributed by atoms with van der Waals surface area (Å²) in [6, 6.07) is 9.33. The normalized spacial score (nSPS) is 11.6. The van der Waals surface area contributed by atoms with Crippen LogP contribution < -0.4 is 10.6 Å². The standard InChI is InChI=1S/C17H18N2O4S/c1-3-13(17(22)23)18-15(21)12-9-10(2)24-16(12)19-14(20)11-7-5-4-6-8-11/h4-9,13H,3H2,1-2H3,(H,18,21)(H,19,20)(H,22,23). The fraction of sp³-hybridized carbons (Fsp3) is 0.235. The third-order valence-corrected chi connectivity index (χ3v) is 4.34. The van der Waals surface area contributed by atoms with Gasteiger partial charge in [0.05, 0.1) is 5.56 Å². The maximum atomic E-state index is 12.4. The Hall–Kier alpha value is -2.67. The van der Waals surface area contributed by atoms with Crippen molar-refractivity contribution in [2.45, 2.75) is 26.3 Å². The van der Waals surface area contributed by atoms with Gasteiger partial charge in [0.15, 0.2) is 0 Å². The molecule has 2 amide bonds. The predicted molar refractivity (Wildman–Crippen MR) is 92.6 cm³/mol. The molecule has 6 nitrogen and oxygen atoms in total. The molecule has 1 aromatic heterocycles. The van der Waals surface area contributed by atoms with Gasteiger partial charge in [0.1, 0.15) is 11.0 Å². The maximum Gasteiger partial charge on any atom is 0.326 e. The summed E-state index contributed by atoms with van der Waals surface area (Å²) >= 11 is 1.27. The number of amides is 2. The van der Waals surface area contributed by atoms with Crippen LogP contribution >= 0.6 is 11.3 Å². The fourth-order valence-electron chi connectivity index (χ4n) is 2.11. The van der Waals surface area contributed by atoms with Gasteiger partial charge in [-0.05, 0) is 31.5 Å². The summed E-state index contributed by atoms with van der Waals surface area (Å²) in [7, 11) is 0. The van der Waals surface area contributed by atoms with E-state index in [1.807, 2.05) is 13.0 Å². The summed E-state index contributed by atoms with van der Waals surface area (Å²) in [6.45, 7) is 3.49. The molecule has 0 bridgehead atoms. The van der Waals surface area contributed by atoms with Crippen molar-refractivity contribution in [1.29, 1.82) is 0 Å². The molecule has 0 aliphatic heterocycles. The highest BCUT2D eigenvalue weighted by atomic mass is 32.1. The molecule has 0 saturated carbocycles. The van der Waals surface area contributed by atoms with Crippen LogP contribution in [0, 0.1) is 6.92 Å². The summed E-state index contributed by atoms with van der Waals surface area (Å²) < 4.78 is 0. The van der Waals surface area contributed by atoms with Crippen LogP contribution in [-0.2, 0) is 4.79 Å². The van der Waals surface area contributed by atoms with E-state index in [4.69, 9.17) is 5.11 Å². The topological polar surface area (TPSA) is 95.5 Å². The molecule has 0 aliphatic rings. The highest BCUT2D eigenvalue weighted by molar-refractivity contribution is 7.16. The van der Waals surface area contributed by atoms with Gasteiger partial charge in [-0.3, -0.25) is 9.59 Å². The minimum Gasteiger partial charge on any atom is -0.480 e. The molecule has 126 valence electrons. The molecule has 0 spiro atoms. The lowest BCUT2D eigenvalue weighted by molar-refractivity contribution is -0.139. The van der Waals surface area contributed by atoms with Crippen molar-refractivity contribution < 1.29 is 19.5 Å². The van der Waals surface area contributed by atoms with E-state index in [-0.39, 0.29) is 17.9 Å². The van der Waals surface area contributed by atoms with Gasteiger partial charge < -0.3 is 15.7 Å². The Morgan fingerprint density at radius 1 is 1.17 bits per heavy atom. The largest absolute Gasteiger partial charge is 0.480 e. The van der Waals surface area contributed by atoms with Gasteiger partial charge in [0.2, 0.25) is 0 Å². The zero-order valence-corrected chi connectivity index (χ0v) is 14.1. The molecule has 1 atom stereocenters. The highest BCUT2D eigenvalue weighted by Gasteiger charge is 2.22. The number of rotatable bonds is 6. The van der Waals surface area contributed by atoms with Gasteiger partial charge in [0, 0.05) is 10.4 Å². The molecule has 0 saturated heterocycles. The third-order valence-electron chi connectivity index (χ3n) is 3.37. The second kappa shape index (κ2) is 7.74. The first-order chi connectivity index (χ1) is 11.4.